The summed E-state index contributed by atoms with van der Waals surface area (Å²) in [7, 11) is 0. The molecule has 2 aromatic carbocycles. The van der Waals surface area contributed by atoms with E-state index >= 15 is 0 Å². The lowest BCUT2D eigenvalue weighted by atomic mass is 10.1. The Kier molecular flexibility index (Phi) is 3.20. The Bertz CT molecular complexity index is 1140. The van der Waals surface area contributed by atoms with Gasteiger partial charge in [-0.3, -0.25) is 9.59 Å². The molecule has 0 aliphatic heterocycles. The molecule has 0 aliphatic rings. The Morgan fingerprint density at radius 3 is 2.67 bits per heavy atom. The molecule has 4 rings (SSSR count). The predicted octanol–water partition coefficient (Wildman–Crippen LogP) is 3.57. The van der Waals surface area contributed by atoms with E-state index in [0.29, 0.717) is 11.1 Å². The fourth-order valence-electron chi connectivity index (χ4n) is 2.89. The molecular formula is C19H15N3O2. The van der Waals surface area contributed by atoms with Gasteiger partial charge >= 0.3 is 0 Å². The van der Waals surface area contributed by atoms with E-state index in [0.717, 1.165) is 22.0 Å². The first kappa shape index (κ1) is 14.3. The molecule has 0 saturated carbocycles. The summed E-state index contributed by atoms with van der Waals surface area (Å²) >= 11 is 0. The Balaban J connectivity index is 1.68. The third-order valence-electron chi connectivity index (χ3n) is 4.01. The summed E-state index contributed by atoms with van der Waals surface area (Å²) < 4.78 is 0. The second kappa shape index (κ2) is 5.38. The average Bonchev–Trinajstić information content (AvgIpc) is 2.94. The lowest BCUT2D eigenvalue weighted by Gasteiger charge is -2.06. The molecule has 0 saturated heterocycles. The van der Waals surface area contributed by atoms with Crippen LogP contribution in [0.1, 0.15) is 16.2 Å². The van der Waals surface area contributed by atoms with Gasteiger partial charge in [0.2, 0.25) is 0 Å². The number of amides is 1. The van der Waals surface area contributed by atoms with Gasteiger partial charge in [0.25, 0.3) is 11.5 Å². The van der Waals surface area contributed by atoms with E-state index in [4.69, 9.17) is 0 Å². The molecule has 4 aromatic rings. The molecule has 0 aliphatic carbocycles. The highest BCUT2D eigenvalue weighted by molar-refractivity contribution is 6.05. The molecule has 0 spiro atoms. The third-order valence-corrected chi connectivity index (χ3v) is 4.01. The highest BCUT2D eigenvalue weighted by Crippen LogP contribution is 2.20. The topological polar surface area (TPSA) is 77.8 Å². The number of hydrogen-bond donors (Lipinski definition) is 3. The SMILES string of the molecule is Cc1cc2cc(NC(=O)c3cc4ccccc4c(=O)[nH]3)ccc2[nH]1. The first-order valence-electron chi connectivity index (χ1n) is 7.63. The number of anilines is 1. The van der Waals surface area contributed by atoms with Crippen molar-refractivity contribution < 1.29 is 4.79 Å². The van der Waals surface area contributed by atoms with Crippen LogP contribution >= 0.6 is 0 Å². The monoisotopic (exact) mass is 317 g/mol. The molecule has 2 heterocycles. The van der Waals surface area contributed by atoms with Crippen molar-refractivity contribution in [3.8, 4) is 0 Å². The number of H-pyrrole nitrogens is 2. The molecule has 2 aromatic heterocycles. The number of nitrogens with one attached hydrogen (secondary N) is 3. The number of carbonyl (C=O) groups excluding carboxylic acids is 1. The van der Waals surface area contributed by atoms with Crippen LogP contribution in [0.2, 0.25) is 0 Å². The van der Waals surface area contributed by atoms with Crippen LogP contribution in [-0.4, -0.2) is 15.9 Å². The molecule has 0 atom stereocenters. The highest BCUT2D eigenvalue weighted by atomic mass is 16.2. The van der Waals surface area contributed by atoms with Gasteiger partial charge in [-0.25, -0.2) is 0 Å². The Hall–Kier alpha value is -3.34. The van der Waals surface area contributed by atoms with Crippen molar-refractivity contribution in [1.82, 2.24) is 9.97 Å². The van der Waals surface area contributed by atoms with Gasteiger partial charge in [0, 0.05) is 27.7 Å². The van der Waals surface area contributed by atoms with Gasteiger partial charge in [0.1, 0.15) is 5.69 Å². The van der Waals surface area contributed by atoms with Crippen LogP contribution in [-0.2, 0) is 0 Å². The molecular weight excluding hydrogens is 302 g/mol. The quantitative estimate of drug-likeness (QED) is 0.528. The number of rotatable bonds is 2. The van der Waals surface area contributed by atoms with E-state index in [9.17, 15) is 9.59 Å². The molecule has 0 fully saturated rings. The van der Waals surface area contributed by atoms with Gasteiger partial charge in [0.05, 0.1) is 0 Å². The van der Waals surface area contributed by atoms with E-state index in [1.807, 2.05) is 43.3 Å². The minimum absolute atomic E-state index is 0.240. The van der Waals surface area contributed by atoms with Crippen LogP contribution in [0.4, 0.5) is 5.69 Å². The maximum Gasteiger partial charge on any atom is 0.272 e. The number of carbonyl (C=O) groups is 1. The molecule has 3 N–H and O–H groups in total. The maximum absolute atomic E-state index is 12.5. The second-order valence-electron chi connectivity index (χ2n) is 5.81. The molecule has 1 amide bonds. The van der Waals surface area contributed by atoms with Gasteiger partial charge in [-0.15, -0.1) is 0 Å². The van der Waals surface area contributed by atoms with Crippen molar-refractivity contribution in [2.45, 2.75) is 6.92 Å². The summed E-state index contributed by atoms with van der Waals surface area (Å²) in [5.74, 6) is -0.343. The van der Waals surface area contributed by atoms with Crippen molar-refractivity contribution >= 4 is 33.3 Å². The lowest BCUT2D eigenvalue weighted by Crippen LogP contribution is -2.18. The summed E-state index contributed by atoms with van der Waals surface area (Å²) in [5, 5.41) is 5.16. The summed E-state index contributed by atoms with van der Waals surface area (Å²) in [6.07, 6.45) is 0. The normalized spacial score (nSPS) is 11.0. The fraction of sp³-hybridized carbons (Fsp3) is 0.0526. The minimum Gasteiger partial charge on any atom is -0.359 e. The van der Waals surface area contributed by atoms with Crippen LogP contribution in [0.15, 0.2) is 59.4 Å². The van der Waals surface area contributed by atoms with Gasteiger partial charge in [0.15, 0.2) is 0 Å². The van der Waals surface area contributed by atoms with Crippen molar-refractivity contribution in [3.05, 3.63) is 76.3 Å². The fourth-order valence-corrected chi connectivity index (χ4v) is 2.89. The Morgan fingerprint density at radius 1 is 0.958 bits per heavy atom. The van der Waals surface area contributed by atoms with E-state index in [1.54, 1.807) is 18.2 Å². The Morgan fingerprint density at radius 2 is 1.79 bits per heavy atom. The molecule has 24 heavy (non-hydrogen) atoms. The zero-order chi connectivity index (χ0) is 16.7. The second-order valence-corrected chi connectivity index (χ2v) is 5.81. The molecule has 0 radical (unpaired) electrons. The van der Waals surface area contributed by atoms with Crippen LogP contribution in [0.5, 0.6) is 0 Å². The molecule has 0 unspecified atom stereocenters. The number of aryl methyl sites for hydroxylation is 1. The lowest BCUT2D eigenvalue weighted by molar-refractivity contribution is 0.102. The van der Waals surface area contributed by atoms with Gasteiger partial charge in [-0.2, -0.15) is 0 Å². The van der Waals surface area contributed by atoms with Crippen LogP contribution < -0.4 is 10.9 Å². The average molecular weight is 317 g/mol. The first-order valence-corrected chi connectivity index (χ1v) is 7.63. The smallest absolute Gasteiger partial charge is 0.272 e. The van der Waals surface area contributed by atoms with Crippen molar-refractivity contribution in [2.75, 3.05) is 5.32 Å². The molecule has 0 bridgehead atoms. The first-order chi connectivity index (χ1) is 11.6. The van der Waals surface area contributed by atoms with E-state index in [1.165, 1.54) is 0 Å². The predicted molar refractivity (Wildman–Crippen MR) is 95.6 cm³/mol. The maximum atomic E-state index is 12.5. The molecule has 5 nitrogen and oxygen atoms in total. The summed E-state index contributed by atoms with van der Waals surface area (Å²) in [5.41, 5.74) is 2.73. The standard InChI is InChI=1S/C19H15N3O2/c1-11-8-13-9-14(6-7-16(13)20-11)21-19(24)17-10-12-4-2-3-5-15(12)18(23)22-17/h2-10,20H,1H3,(H,21,24)(H,22,23). The van der Waals surface area contributed by atoms with Gasteiger partial charge in [-0.1, -0.05) is 18.2 Å². The minimum atomic E-state index is -0.343. The van der Waals surface area contributed by atoms with Gasteiger partial charge in [-0.05, 0) is 48.7 Å². The number of hydrogen-bond acceptors (Lipinski definition) is 2. The summed E-state index contributed by atoms with van der Waals surface area (Å²) in [6, 6.07) is 16.5. The van der Waals surface area contributed by atoms with Crippen LogP contribution in [0.25, 0.3) is 21.7 Å². The summed E-state index contributed by atoms with van der Waals surface area (Å²) in [4.78, 5) is 30.4. The zero-order valence-electron chi connectivity index (χ0n) is 13.0. The van der Waals surface area contributed by atoms with E-state index < -0.39 is 0 Å². The van der Waals surface area contributed by atoms with Gasteiger partial charge < -0.3 is 15.3 Å². The molecule has 5 heteroatoms. The number of aromatic amines is 2. The van der Waals surface area contributed by atoms with Crippen molar-refractivity contribution in [1.29, 1.82) is 0 Å². The third kappa shape index (κ3) is 2.46. The number of pyridine rings is 1. The molecule has 118 valence electrons. The number of fused-ring (bicyclic) bond motifs is 2. The highest BCUT2D eigenvalue weighted by Gasteiger charge is 2.10. The zero-order valence-corrected chi connectivity index (χ0v) is 13.0. The van der Waals surface area contributed by atoms with Crippen LogP contribution in [0, 0.1) is 6.92 Å². The van der Waals surface area contributed by atoms with Crippen molar-refractivity contribution in [3.63, 3.8) is 0 Å². The van der Waals surface area contributed by atoms with E-state index in [2.05, 4.69) is 15.3 Å². The van der Waals surface area contributed by atoms with Crippen LogP contribution in [0.3, 0.4) is 0 Å². The number of aromatic nitrogens is 2. The summed E-state index contributed by atoms with van der Waals surface area (Å²) in [6.45, 7) is 1.98. The van der Waals surface area contributed by atoms with E-state index in [-0.39, 0.29) is 17.2 Å². The largest absolute Gasteiger partial charge is 0.359 e. The Labute approximate surface area is 137 Å². The number of benzene rings is 2. The van der Waals surface area contributed by atoms with Crippen molar-refractivity contribution in [2.24, 2.45) is 0 Å².